The van der Waals surface area contributed by atoms with E-state index in [0.29, 0.717) is 29.1 Å². The fourth-order valence-corrected chi connectivity index (χ4v) is 5.72. The van der Waals surface area contributed by atoms with E-state index in [2.05, 4.69) is 5.32 Å². The van der Waals surface area contributed by atoms with Gasteiger partial charge >= 0.3 is 0 Å². The predicted molar refractivity (Wildman–Crippen MR) is 140 cm³/mol. The van der Waals surface area contributed by atoms with Crippen LogP contribution in [0.3, 0.4) is 0 Å². The third kappa shape index (κ3) is 6.12. The molecule has 1 N–H and O–H groups in total. The molecule has 7 nitrogen and oxygen atoms in total. The first-order valence-electron chi connectivity index (χ1n) is 12.0. The summed E-state index contributed by atoms with van der Waals surface area (Å²) in [6, 6.07) is 20.8. The van der Waals surface area contributed by atoms with Crippen LogP contribution in [-0.4, -0.2) is 39.6 Å². The van der Waals surface area contributed by atoms with Crippen LogP contribution in [0.4, 0.5) is 11.4 Å². The van der Waals surface area contributed by atoms with Gasteiger partial charge in [-0.05, 0) is 73.7 Å². The lowest BCUT2D eigenvalue weighted by molar-refractivity contribution is -0.115. The molecule has 188 valence electrons. The number of para-hydroxylation sites is 1. The normalized spacial score (nSPS) is 13.2. The zero-order chi connectivity index (χ0) is 25.7. The highest BCUT2D eigenvalue weighted by atomic mass is 32.2. The Labute approximate surface area is 212 Å². The Balaban J connectivity index is 1.43. The molecule has 0 bridgehead atoms. The number of anilines is 2. The van der Waals surface area contributed by atoms with E-state index >= 15 is 0 Å². The lowest BCUT2D eigenvalue weighted by atomic mass is 10.1. The van der Waals surface area contributed by atoms with E-state index in [9.17, 15) is 18.0 Å². The van der Waals surface area contributed by atoms with Gasteiger partial charge in [-0.2, -0.15) is 0 Å². The predicted octanol–water partition coefficient (Wildman–Crippen LogP) is 4.73. The van der Waals surface area contributed by atoms with Crippen LogP contribution in [0.25, 0.3) is 0 Å². The third-order valence-electron chi connectivity index (χ3n) is 6.15. The van der Waals surface area contributed by atoms with Crippen molar-refractivity contribution in [3.8, 4) is 5.75 Å². The first-order chi connectivity index (χ1) is 17.3. The summed E-state index contributed by atoms with van der Waals surface area (Å²) < 4.78 is 30.3. The van der Waals surface area contributed by atoms with Crippen LogP contribution in [0.2, 0.25) is 0 Å². The largest absolute Gasteiger partial charge is 0.495 e. The molecule has 1 aliphatic rings. The molecule has 2 amide bonds. The SMILES string of the molecule is CCN(C(=O)c1ccc(NC(=O)Cc2ccc(S(=O)(=O)CC3CC3)cc2)c(OC)c1)c1ccccc1. The lowest BCUT2D eigenvalue weighted by Gasteiger charge is -2.21. The maximum Gasteiger partial charge on any atom is 0.258 e. The summed E-state index contributed by atoms with van der Waals surface area (Å²) in [5.41, 5.74) is 2.39. The number of nitrogens with one attached hydrogen (secondary N) is 1. The Morgan fingerprint density at radius 1 is 1.00 bits per heavy atom. The number of methoxy groups -OCH3 is 1. The molecule has 0 aliphatic heterocycles. The van der Waals surface area contributed by atoms with Crippen LogP contribution in [-0.2, 0) is 21.1 Å². The van der Waals surface area contributed by atoms with Crippen LogP contribution in [0.1, 0.15) is 35.7 Å². The first-order valence-corrected chi connectivity index (χ1v) is 13.6. The van der Waals surface area contributed by atoms with Crippen molar-refractivity contribution in [2.75, 3.05) is 29.6 Å². The van der Waals surface area contributed by atoms with Gasteiger partial charge < -0.3 is 15.0 Å². The molecule has 0 radical (unpaired) electrons. The summed E-state index contributed by atoms with van der Waals surface area (Å²) in [7, 11) is -1.80. The Kier molecular flexibility index (Phi) is 7.74. The van der Waals surface area contributed by atoms with Crippen molar-refractivity contribution in [1.82, 2.24) is 0 Å². The van der Waals surface area contributed by atoms with Gasteiger partial charge in [0.2, 0.25) is 5.91 Å². The molecule has 0 heterocycles. The quantitative estimate of drug-likeness (QED) is 0.429. The fraction of sp³-hybridized carbons (Fsp3) is 0.286. The summed E-state index contributed by atoms with van der Waals surface area (Å²) in [5, 5.41) is 2.82. The van der Waals surface area contributed by atoms with Crippen molar-refractivity contribution in [3.05, 3.63) is 83.9 Å². The van der Waals surface area contributed by atoms with E-state index in [1.54, 1.807) is 47.4 Å². The average Bonchev–Trinajstić information content (AvgIpc) is 3.69. The maximum absolute atomic E-state index is 13.1. The molecule has 0 unspecified atom stereocenters. The second kappa shape index (κ2) is 11.0. The molecule has 1 saturated carbocycles. The Bertz CT molecular complexity index is 1330. The Morgan fingerprint density at radius 3 is 2.31 bits per heavy atom. The van der Waals surface area contributed by atoms with Gasteiger partial charge in [-0.25, -0.2) is 8.42 Å². The van der Waals surface area contributed by atoms with E-state index in [-0.39, 0.29) is 34.8 Å². The molecule has 0 saturated heterocycles. The van der Waals surface area contributed by atoms with E-state index in [1.165, 1.54) is 7.11 Å². The fourth-order valence-electron chi connectivity index (χ4n) is 4.02. The van der Waals surface area contributed by atoms with Crippen molar-refractivity contribution in [2.24, 2.45) is 5.92 Å². The third-order valence-corrected chi connectivity index (χ3v) is 8.05. The summed E-state index contributed by atoms with van der Waals surface area (Å²) in [6.45, 7) is 2.41. The summed E-state index contributed by atoms with van der Waals surface area (Å²) in [5.74, 6) is 0.393. The standard InChI is InChI=1S/C28H30N2O5S/c1-3-30(23-7-5-4-6-8-23)28(32)22-13-16-25(26(18-22)35-2)29-27(31)17-20-11-14-24(15-12-20)36(33,34)19-21-9-10-21/h4-8,11-16,18,21H,3,9-10,17,19H2,1-2H3,(H,29,31). The minimum atomic E-state index is -3.29. The molecule has 0 aromatic heterocycles. The number of amides is 2. The second-order valence-corrected chi connectivity index (χ2v) is 10.9. The number of rotatable bonds is 10. The number of nitrogens with zero attached hydrogens (tertiary/aromatic N) is 1. The lowest BCUT2D eigenvalue weighted by Crippen LogP contribution is -2.30. The number of ether oxygens (including phenoxy) is 1. The number of sulfone groups is 1. The summed E-state index contributed by atoms with van der Waals surface area (Å²) in [4.78, 5) is 27.8. The van der Waals surface area contributed by atoms with E-state index in [0.717, 1.165) is 18.5 Å². The smallest absolute Gasteiger partial charge is 0.258 e. The molecular formula is C28H30N2O5S. The van der Waals surface area contributed by atoms with Crippen LogP contribution < -0.4 is 15.0 Å². The molecule has 4 rings (SSSR count). The molecule has 3 aromatic carbocycles. The molecule has 36 heavy (non-hydrogen) atoms. The van der Waals surface area contributed by atoms with Crippen molar-refractivity contribution < 1.29 is 22.7 Å². The summed E-state index contributed by atoms with van der Waals surface area (Å²) >= 11 is 0. The maximum atomic E-state index is 13.1. The minimum Gasteiger partial charge on any atom is -0.495 e. The Hall–Kier alpha value is -3.65. The summed E-state index contributed by atoms with van der Waals surface area (Å²) in [6.07, 6.45) is 2.02. The number of benzene rings is 3. The van der Waals surface area contributed by atoms with Crippen molar-refractivity contribution in [1.29, 1.82) is 0 Å². The first kappa shape index (κ1) is 25.4. The second-order valence-electron chi connectivity index (χ2n) is 8.89. The van der Waals surface area contributed by atoms with Crippen molar-refractivity contribution in [3.63, 3.8) is 0 Å². The highest BCUT2D eigenvalue weighted by Crippen LogP contribution is 2.32. The van der Waals surface area contributed by atoms with Crippen molar-refractivity contribution >= 4 is 33.0 Å². The number of hydrogen-bond acceptors (Lipinski definition) is 5. The van der Waals surface area contributed by atoms with Gasteiger partial charge in [0.1, 0.15) is 5.75 Å². The molecule has 8 heteroatoms. The number of hydrogen-bond donors (Lipinski definition) is 1. The molecule has 1 aliphatic carbocycles. The zero-order valence-corrected chi connectivity index (χ0v) is 21.3. The molecule has 0 spiro atoms. The average molecular weight is 507 g/mol. The van der Waals surface area contributed by atoms with Crippen LogP contribution in [0, 0.1) is 5.92 Å². The monoisotopic (exact) mass is 506 g/mol. The number of carbonyl (C=O) groups excluding carboxylic acids is 2. The minimum absolute atomic E-state index is 0.0738. The van der Waals surface area contributed by atoms with Crippen LogP contribution in [0.5, 0.6) is 5.75 Å². The van der Waals surface area contributed by atoms with Gasteiger partial charge in [0.15, 0.2) is 9.84 Å². The Morgan fingerprint density at radius 2 is 1.69 bits per heavy atom. The zero-order valence-electron chi connectivity index (χ0n) is 20.4. The van der Waals surface area contributed by atoms with Gasteiger partial charge in [0, 0.05) is 17.8 Å². The van der Waals surface area contributed by atoms with E-state index in [4.69, 9.17) is 4.74 Å². The highest BCUT2D eigenvalue weighted by Gasteiger charge is 2.29. The molecule has 3 aromatic rings. The van der Waals surface area contributed by atoms with Gasteiger partial charge in [-0.1, -0.05) is 30.3 Å². The van der Waals surface area contributed by atoms with E-state index in [1.807, 2.05) is 37.3 Å². The van der Waals surface area contributed by atoms with Crippen LogP contribution >= 0.6 is 0 Å². The van der Waals surface area contributed by atoms with Gasteiger partial charge in [-0.3, -0.25) is 9.59 Å². The highest BCUT2D eigenvalue weighted by molar-refractivity contribution is 7.91. The van der Waals surface area contributed by atoms with Gasteiger partial charge in [-0.15, -0.1) is 0 Å². The van der Waals surface area contributed by atoms with Crippen LogP contribution in [0.15, 0.2) is 77.7 Å². The van der Waals surface area contributed by atoms with Gasteiger partial charge in [0.05, 0.1) is 29.9 Å². The topological polar surface area (TPSA) is 92.8 Å². The van der Waals surface area contributed by atoms with Crippen molar-refractivity contribution in [2.45, 2.75) is 31.1 Å². The molecular weight excluding hydrogens is 476 g/mol. The van der Waals surface area contributed by atoms with Gasteiger partial charge in [0.25, 0.3) is 5.91 Å². The molecule has 0 atom stereocenters. The molecule has 1 fully saturated rings. The van der Waals surface area contributed by atoms with E-state index < -0.39 is 9.84 Å². The number of carbonyl (C=O) groups is 2.